The van der Waals surface area contributed by atoms with Gasteiger partial charge in [-0.2, -0.15) is 0 Å². The Bertz CT molecular complexity index is 335. The fraction of sp³-hybridized carbons (Fsp3) is 0.143. The first kappa shape index (κ1) is 6.67. The quantitative estimate of drug-likeness (QED) is 0.599. The molecule has 2 aromatic rings. The van der Waals surface area contributed by atoms with Gasteiger partial charge in [0.05, 0.1) is 6.20 Å². The lowest BCUT2D eigenvalue weighted by atomic mass is 10.7. The number of thioether (sulfide) groups is 1. The summed E-state index contributed by atoms with van der Waals surface area (Å²) < 4.78 is 1.96. The molecule has 2 heterocycles. The topological polar surface area (TPSA) is 30.2 Å². The molecule has 0 saturated carbocycles. The van der Waals surface area contributed by atoms with Crippen LogP contribution in [-0.2, 0) is 0 Å². The highest BCUT2D eigenvalue weighted by Gasteiger charge is 1.97. The minimum absolute atomic E-state index is 0.900. The number of hydrogen-bond donors (Lipinski definition) is 0. The van der Waals surface area contributed by atoms with Gasteiger partial charge in [0.1, 0.15) is 5.03 Å². The largest absolute Gasteiger partial charge is 0.303 e. The third kappa shape index (κ3) is 1.09. The van der Waals surface area contributed by atoms with E-state index in [9.17, 15) is 0 Å². The number of aromatic nitrogens is 3. The van der Waals surface area contributed by atoms with Crippen molar-refractivity contribution >= 4 is 17.4 Å². The van der Waals surface area contributed by atoms with E-state index in [4.69, 9.17) is 0 Å². The van der Waals surface area contributed by atoms with Gasteiger partial charge in [-0.05, 0) is 6.26 Å². The molecule has 2 rings (SSSR count). The molecule has 0 aromatic carbocycles. The van der Waals surface area contributed by atoms with Gasteiger partial charge in [-0.1, -0.05) is 0 Å². The molecule has 0 unspecified atom stereocenters. The molecule has 0 aliphatic heterocycles. The summed E-state index contributed by atoms with van der Waals surface area (Å²) in [4.78, 5) is 8.26. The number of nitrogens with zero attached hydrogens (tertiary/aromatic N) is 3. The summed E-state index contributed by atoms with van der Waals surface area (Å²) in [7, 11) is 0. The van der Waals surface area contributed by atoms with E-state index in [0.29, 0.717) is 0 Å². The van der Waals surface area contributed by atoms with Gasteiger partial charge in [0.25, 0.3) is 0 Å². The Kier molecular flexibility index (Phi) is 1.54. The lowest BCUT2D eigenvalue weighted by Crippen LogP contribution is -1.81. The first-order valence-electron chi connectivity index (χ1n) is 3.23. The van der Waals surface area contributed by atoms with Gasteiger partial charge in [0.15, 0.2) is 5.65 Å². The average Bonchev–Trinajstić information content (AvgIpc) is 2.46. The van der Waals surface area contributed by atoms with Crippen molar-refractivity contribution < 1.29 is 0 Å². The Morgan fingerprint density at radius 2 is 2.45 bits per heavy atom. The van der Waals surface area contributed by atoms with E-state index in [1.54, 1.807) is 24.2 Å². The predicted molar refractivity (Wildman–Crippen MR) is 44.8 cm³/mol. The third-order valence-corrected chi connectivity index (χ3v) is 2.07. The molecule has 56 valence electrons. The van der Waals surface area contributed by atoms with E-state index in [0.717, 1.165) is 10.7 Å². The van der Waals surface area contributed by atoms with Crippen molar-refractivity contribution in [2.75, 3.05) is 6.26 Å². The molecule has 0 bridgehead atoms. The zero-order valence-corrected chi connectivity index (χ0v) is 6.88. The summed E-state index contributed by atoms with van der Waals surface area (Å²) in [6.45, 7) is 0. The normalized spacial score (nSPS) is 10.6. The van der Waals surface area contributed by atoms with Gasteiger partial charge in [-0.25, -0.2) is 4.98 Å². The maximum atomic E-state index is 4.29. The zero-order chi connectivity index (χ0) is 7.68. The molecular weight excluding hydrogens is 158 g/mol. The molecule has 0 aliphatic rings. The molecule has 4 heteroatoms. The highest BCUT2D eigenvalue weighted by molar-refractivity contribution is 7.98. The SMILES string of the molecule is CSc1cn2ccncc2n1. The van der Waals surface area contributed by atoms with Gasteiger partial charge in [0.2, 0.25) is 0 Å². The molecule has 11 heavy (non-hydrogen) atoms. The van der Waals surface area contributed by atoms with E-state index < -0.39 is 0 Å². The molecule has 0 fully saturated rings. The smallest absolute Gasteiger partial charge is 0.156 e. The Labute approximate surface area is 68.5 Å². The summed E-state index contributed by atoms with van der Waals surface area (Å²) in [6.07, 6.45) is 9.39. The number of fused-ring (bicyclic) bond motifs is 1. The Balaban J connectivity index is 2.69. The molecule has 0 atom stereocenters. The van der Waals surface area contributed by atoms with Crippen LogP contribution in [0.15, 0.2) is 29.8 Å². The molecule has 0 N–H and O–H groups in total. The van der Waals surface area contributed by atoms with E-state index in [1.807, 2.05) is 23.1 Å². The highest BCUT2D eigenvalue weighted by atomic mass is 32.2. The van der Waals surface area contributed by atoms with Crippen LogP contribution in [0.5, 0.6) is 0 Å². The van der Waals surface area contributed by atoms with Crippen molar-refractivity contribution in [1.29, 1.82) is 0 Å². The summed E-state index contributed by atoms with van der Waals surface area (Å²) >= 11 is 1.63. The van der Waals surface area contributed by atoms with Crippen LogP contribution in [0.4, 0.5) is 0 Å². The fourth-order valence-corrected chi connectivity index (χ4v) is 1.32. The van der Waals surface area contributed by atoms with Crippen LogP contribution >= 0.6 is 11.8 Å². The minimum Gasteiger partial charge on any atom is -0.303 e. The van der Waals surface area contributed by atoms with Crippen molar-refractivity contribution in [2.24, 2.45) is 0 Å². The maximum absolute atomic E-state index is 4.29. The first-order valence-corrected chi connectivity index (χ1v) is 4.45. The molecule has 0 aliphatic carbocycles. The monoisotopic (exact) mass is 165 g/mol. The van der Waals surface area contributed by atoms with Crippen molar-refractivity contribution in [3.63, 3.8) is 0 Å². The van der Waals surface area contributed by atoms with E-state index in [1.165, 1.54) is 0 Å². The first-order chi connectivity index (χ1) is 5.40. The lowest BCUT2D eigenvalue weighted by Gasteiger charge is -1.85. The Morgan fingerprint density at radius 1 is 1.55 bits per heavy atom. The number of rotatable bonds is 1. The molecule has 0 saturated heterocycles. The van der Waals surface area contributed by atoms with Gasteiger partial charge in [0, 0.05) is 18.6 Å². The zero-order valence-electron chi connectivity index (χ0n) is 6.06. The fourth-order valence-electron chi connectivity index (χ4n) is 0.918. The molecule has 2 aromatic heterocycles. The van der Waals surface area contributed by atoms with Gasteiger partial charge in [-0.3, -0.25) is 4.98 Å². The standard InChI is InChI=1S/C7H7N3S/c1-11-7-5-10-3-2-8-4-6(10)9-7/h2-5H,1H3. The summed E-state index contributed by atoms with van der Waals surface area (Å²) in [5.41, 5.74) is 0.900. The van der Waals surface area contributed by atoms with Crippen LogP contribution < -0.4 is 0 Å². The third-order valence-electron chi connectivity index (χ3n) is 1.45. The Hall–Kier alpha value is -1.03. The Morgan fingerprint density at radius 3 is 3.18 bits per heavy atom. The van der Waals surface area contributed by atoms with Crippen LogP contribution in [0.1, 0.15) is 0 Å². The molecule has 0 radical (unpaired) electrons. The lowest BCUT2D eigenvalue weighted by molar-refractivity contribution is 1.13. The van der Waals surface area contributed by atoms with Crippen molar-refractivity contribution in [1.82, 2.24) is 14.4 Å². The summed E-state index contributed by atoms with van der Waals surface area (Å²) in [5, 5.41) is 1.03. The summed E-state index contributed by atoms with van der Waals surface area (Å²) in [6, 6.07) is 0. The van der Waals surface area contributed by atoms with E-state index in [2.05, 4.69) is 9.97 Å². The van der Waals surface area contributed by atoms with Gasteiger partial charge in [-0.15, -0.1) is 11.8 Å². The minimum atomic E-state index is 0.900. The van der Waals surface area contributed by atoms with Crippen LogP contribution in [0.25, 0.3) is 5.65 Å². The highest BCUT2D eigenvalue weighted by Crippen LogP contribution is 2.12. The van der Waals surface area contributed by atoms with Crippen LogP contribution in [-0.4, -0.2) is 20.6 Å². The summed E-state index contributed by atoms with van der Waals surface area (Å²) in [5.74, 6) is 0. The predicted octanol–water partition coefficient (Wildman–Crippen LogP) is 1.45. The van der Waals surface area contributed by atoms with Gasteiger partial charge >= 0.3 is 0 Å². The van der Waals surface area contributed by atoms with Crippen LogP contribution in [0.3, 0.4) is 0 Å². The van der Waals surface area contributed by atoms with Crippen molar-refractivity contribution in [3.05, 3.63) is 24.8 Å². The second-order valence-corrected chi connectivity index (χ2v) is 2.95. The maximum Gasteiger partial charge on any atom is 0.156 e. The van der Waals surface area contributed by atoms with Crippen LogP contribution in [0, 0.1) is 0 Å². The van der Waals surface area contributed by atoms with Crippen molar-refractivity contribution in [2.45, 2.75) is 5.03 Å². The number of hydrogen-bond acceptors (Lipinski definition) is 3. The average molecular weight is 165 g/mol. The second kappa shape index (κ2) is 2.54. The molecular formula is C7H7N3S. The number of imidazole rings is 1. The second-order valence-electron chi connectivity index (χ2n) is 2.13. The molecule has 0 amide bonds. The molecule has 0 spiro atoms. The van der Waals surface area contributed by atoms with E-state index in [-0.39, 0.29) is 0 Å². The van der Waals surface area contributed by atoms with Crippen LogP contribution in [0.2, 0.25) is 0 Å². The van der Waals surface area contributed by atoms with Gasteiger partial charge < -0.3 is 4.40 Å². The molecule has 3 nitrogen and oxygen atoms in total. The van der Waals surface area contributed by atoms with Crippen molar-refractivity contribution in [3.8, 4) is 0 Å². The van der Waals surface area contributed by atoms with E-state index >= 15 is 0 Å².